The third-order valence-electron chi connectivity index (χ3n) is 4.08. The average molecular weight is 374 g/mol. The summed E-state index contributed by atoms with van der Waals surface area (Å²) in [4.78, 5) is 14.1. The Morgan fingerprint density at radius 1 is 1.31 bits per heavy atom. The molecule has 1 aromatic rings. The number of hydrogen-bond acceptors (Lipinski definition) is 5. The van der Waals surface area contributed by atoms with E-state index in [9.17, 15) is 18.0 Å². The van der Waals surface area contributed by atoms with Gasteiger partial charge in [0, 0.05) is 13.1 Å². The van der Waals surface area contributed by atoms with Crippen LogP contribution in [0.15, 0.2) is 12.1 Å². The van der Waals surface area contributed by atoms with Crippen LogP contribution < -0.4 is 5.32 Å². The maximum absolute atomic E-state index is 12.5. The molecule has 146 valence electrons. The number of anilines is 1. The maximum atomic E-state index is 12.5. The molecule has 1 N–H and O–H groups in total. The Labute approximate surface area is 151 Å². The molecule has 0 aromatic carbocycles. The smallest absolute Gasteiger partial charge is 0.435 e. The van der Waals surface area contributed by atoms with Gasteiger partial charge in [0.2, 0.25) is 0 Å². The lowest BCUT2D eigenvalue weighted by Gasteiger charge is -2.39. The van der Waals surface area contributed by atoms with Crippen molar-refractivity contribution < 1.29 is 22.7 Å². The highest BCUT2D eigenvalue weighted by Crippen LogP contribution is 2.28. The summed E-state index contributed by atoms with van der Waals surface area (Å²) in [6, 6.07) is 1.99. The monoisotopic (exact) mass is 374 g/mol. The number of halogens is 3. The highest BCUT2D eigenvalue weighted by atomic mass is 19.4. The van der Waals surface area contributed by atoms with E-state index in [1.54, 1.807) is 4.90 Å². The first kappa shape index (κ1) is 20.3. The Kier molecular flexibility index (Phi) is 5.98. The van der Waals surface area contributed by atoms with Crippen molar-refractivity contribution in [3.63, 3.8) is 0 Å². The summed E-state index contributed by atoms with van der Waals surface area (Å²) in [5, 5.41) is 9.72. The molecular formula is C17H25F3N4O2. The summed E-state index contributed by atoms with van der Waals surface area (Å²) >= 11 is 0. The van der Waals surface area contributed by atoms with E-state index in [2.05, 4.69) is 22.4 Å². The molecule has 1 aromatic heterocycles. The van der Waals surface area contributed by atoms with E-state index < -0.39 is 17.5 Å². The quantitative estimate of drug-likeness (QED) is 0.868. The minimum atomic E-state index is -4.52. The number of likely N-dealkylation sites (tertiary alicyclic amines) is 1. The average Bonchev–Trinajstić information content (AvgIpc) is 2.50. The number of aromatic nitrogens is 2. The van der Waals surface area contributed by atoms with Crippen molar-refractivity contribution in [2.24, 2.45) is 5.92 Å². The molecule has 1 unspecified atom stereocenters. The van der Waals surface area contributed by atoms with Gasteiger partial charge in [0.05, 0.1) is 6.04 Å². The second kappa shape index (κ2) is 7.67. The highest BCUT2D eigenvalue weighted by Gasteiger charge is 2.34. The van der Waals surface area contributed by atoms with E-state index in [1.165, 1.54) is 6.07 Å². The van der Waals surface area contributed by atoms with Crippen molar-refractivity contribution in [3.8, 4) is 0 Å². The van der Waals surface area contributed by atoms with E-state index in [-0.39, 0.29) is 18.0 Å². The van der Waals surface area contributed by atoms with E-state index >= 15 is 0 Å². The van der Waals surface area contributed by atoms with E-state index in [4.69, 9.17) is 4.74 Å². The molecule has 2 rings (SSSR count). The zero-order chi connectivity index (χ0) is 19.5. The Morgan fingerprint density at radius 3 is 2.54 bits per heavy atom. The van der Waals surface area contributed by atoms with Crippen LogP contribution in [0.25, 0.3) is 0 Å². The Hall–Kier alpha value is -2.06. The van der Waals surface area contributed by atoms with Crippen molar-refractivity contribution >= 4 is 11.9 Å². The fourth-order valence-corrected chi connectivity index (χ4v) is 2.81. The van der Waals surface area contributed by atoms with Gasteiger partial charge in [0.25, 0.3) is 0 Å². The van der Waals surface area contributed by atoms with Crippen molar-refractivity contribution in [1.82, 2.24) is 15.1 Å². The number of nitrogens with one attached hydrogen (secondary N) is 1. The number of amides is 1. The van der Waals surface area contributed by atoms with Gasteiger partial charge in [-0.1, -0.05) is 6.92 Å². The number of rotatable bonds is 3. The van der Waals surface area contributed by atoms with E-state index in [0.717, 1.165) is 18.9 Å². The Morgan fingerprint density at radius 2 is 2.00 bits per heavy atom. The Bertz CT molecular complexity index is 614. The van der Waals surface area contributed by atoms with E-state index in [0.29, 0.717) is 19.0 Å². The third kappa shape index (κ3) is 5.74. The molecule has 0 saturated carbocycles. The molecule has 0 bridgehead atoms. The first-order chi connectivity index (χ1) is 12.0. The minimum Gasteiger partial charge on any atom is -0.444 e. The molecule has 1 aliphatic rings. The number of carbonyl (C=O) groups excluding carboxylic acids is 1. The second-order valence-corrected chi connectivity index (χ2v) is 7.64. The molecule has 1 aliphatic heterocycles. The first-order valence-corrected chi connectivity index (χ1v) is 8.60. The molecule has 0 spiro atoms. The standard InChI is InChI=1S/C17H25F3N4O2/c1-11-7-8-24(15(25)26-16(2,3)4)12(9-11)10-21-14-6-5-13(22-23-14)17(18,19)20/h5-6,11-12H,7-10H2,1-4H3,(H,21,23)/t11-,12?/m0/s1. The molecule has 2 heterocycles. The van der Waals surface area contributed by atoms with Gasteiger partial charge in [-0.3, -0.25) is 0 Å². The molecule has 0 radical (unpaired) electrons. The van der Waals surface area contributed by atoms with Gasteiger partial charge in [-0.05, 0) is 51.7 Å². The SMILES string of the molecule is C[C@H]1CCN(C(=O)OC(C)(C)C)C(CNc2ccc(C(F)(F)F)nn2)C1. The number of nitrogens with zero attached hydrogens (tertiary/aromatic N) is 3. The van der Waals surface area contributed by atoms with E-state index in [1.807, 2.05) is 20.8 Å². The van der Waals surface area contributed by atoms with Gasteiger partial charge in [0.15, 0.2) is 5.69 Å². The molecule has 1 saturated heterocycles. The predicted molar refractivity (Wildman–Crippen MR) is 90.6 cm³/mol. The van der Waals surface area contributed by atoms with Crippen molar-refractivity contribution in [2.75, 3.05) is 18.4 Å². The van der Waals surface area contributed by atoms with Crippen molar-refractivity contribution in [2.45, 2.75) is 58.4 Å². The molecule has 6 nitrogen and oxygen atoms in total. The maximum Gasteiger partial charge on any atom is 0.435 e. The van der Waals surface area contributed by atoms with Crippen molar-refractivity contribution in [3.05, 3.63) is 17.8 Å². The lowest BCUT2D eigenvalue weighted by atomic mass is 9.92. The molecule has 1 fully saturated rings. The van der Waals surface area contributed by atoms with Crippen LogP contribution in [0, 0.1) is 5.92 Å². The number of hydrogen-bond donors (Lipinski definition) is 1. The minimum absolute atomic E-state index is 0.127. The summed E-state index contributed by atoms with van der Waals surface area (Å²) in [6.07, 6.45) is -3.23. The lowest BCUT2D eigenvalue weighted by Crippen LogP contribution is -2.50. The predicted octanol–water partition coefficient (Wildman–Crippen LogP) is 3.94. The largest absolute Gasteiger partial charge is 0.444 e. The topological polar surface area (TPSA) is 67.3 Å². The zero-order valence-corrected chi connectivity index (χ0v) is 15.4. The van der Waals surface area contributed by atoms with Crippen LogP contribution in [0.3, 0.4) is 0 Å². The van der Waals surface area contributed by atoms with Gasteiger partial charge in [-0.25, -0.2) is 4.79 Å². The molecule has 2 atom stereocenters. The van der Waals surface area contributed by atoms with Crippen LogP contribution in [0.5, 0.6) is 0 Å². The van der Waals surface area contributed by atoms with Crippen LogP contribution in [0.2, 0.25) is 0 Å². The first-order valence-electron chi connectivity index (χ1n) is 8.60. The number of carbonyl (C=O) groups is 1. The third-order valence-corrected chi connectivity index (χ3v) is 4.08. The lowest BCUT2D eigenvalue weighted by molar-refractivity contribution is -0.141. The summed E-state index contributed by atoms with van der Waals surface area (Å²) < 4.78 is 43.1. The molecule has 9 heteroatoms. The normalized spacial score (nSPS) is 21.4. The molecule has 1 amide bonds. The molecular weight excluding hydrogens is 349 g/mol. The van der Waals surface area contributed by atoms with Crippen LogP contribution in [0.4, 0.5) is 23.8 Å². The molecule has 0 aliphatic carbocycles. The van der Waals surface area contributed by atoms with Crippen LogP contribution in [0.1, 0.15) is 46.2 Å². The second-order valence-electron chi connectivity index (χ2n) is 7.64. The van der Waals surface area contributed by atoms with Crippen LogP contribution in [-0.2, 0) is 10.9 Å². The zero-order valence-electron chi connectivity index (χ0n) is 15.4. The summed E-state index contributed by atoms with van der Waals surface area (Å²) in [5.74, 6) is 0.680. The summed E-state index contributed by atoms with van der Waals surface area (Å²) in [7, 11) is 0. The fourth-order valence-electron chi connectivity index (χ4n) is 2.81. The highest BCUT2D eigenvalue weighted by molar-refractivity contribution is 5.68. The molecule has 26 heavy (non-hydrogen) atoms. The van der Waals surface area contributed by atoms with Gasteiger partial charge < -0.3 is 15.0 Å². The Balaban J connectivity index is 2.01. The number of piperidine rings is 1. The number of ether oxygens (including phenoxy) is 1. The van der Waals surface area contributed by atoms with Crippen LogP contribution >= 0.6 is 0 Å². The summed E-state index contributed by atoms with van der Waals surface area (Å²) in [6.45, 7) is 8.48. The summed E-state index contributed by atoms with van der Waals surface area (Å²) in [5.41, 5.74) is -1.62. The number of alkyl halides is 3. The van der Waals surface area contributed by atoms with Crippen molar-refractivity contribution in [1.29, 1.82) is 0 Å². The van der Waals surface area contributed by atoms with Gasteiger partial charge >= 0.3 is 12.3 Å². The van der Waals surface area contributed by atoms with Gasteiger partial charge in [-0.2, -0.15) is 13.2 Å². The fraction of sp³-hybridized carbons (Fsp3) is 0.706. The van der Waals surface area contributed by atoms with Crippen LogP contribution in [-0.4, -0.2) is 45.9 Å². The van der Waals surface area contributed by atoms with Gasteiger partial charge in [0.1, 0.15) is 11.4 Å². The van der Waals surface area contributed by atoms with Gasteiger partial charge in [-0.15, -0.1) is 10.2 Å².